The van der Waals surface area contributed by atoms with Crippen molar-refractivity contribution in [1.82, 2.24) is 0 Å². The number of hydrogen-bond acceptors (Lipinski definition) is 3. The number of rotatable bonds is 3. The lowest BCUT2D eigenvalue weighted by molar-refractivity contribution is 0.140. The number of phenolic OH excluding ortho intramolecular Hbond substituents is 1. The second-order valence-corrected chi connectivity index (χ2v) is 3.77. The third kappa shape index (κ3) is 2.23. The predicted molar refractivity (Wildman–Crippen MR) is 54.3 cm³/mol. The van der Waals surface area contributed by atoms with Crippen LogP contribution in [0.3, 0.4) is 0 Å². The summed E-state index contributed by atoms with van der Waals surface area (Å²) in [5.74, 6) is 3.89. The molecule has 0 aliphatic heterocycles. The highest BCUT2D eigenvalue weighted by atomic mass is 79.9. The van der Waals surface area contributed by atoms with Gasteiger partial charge in [-0.2, -0.15) is 0 Å². The molecule has 0 heterocycles. The van der Waals surface area contributed by atoms with E-state index < -0.39 is 5.82 Å². The molecule has 14 heavy (non-hydrogen) atoms. The first-order valence-corrected chi connectivity index (χ1v) is 4.85. The fourth-order valence-electron chi connectivity index (χ4n) is 1.22. The molecular weight excluding hydrogens is 253 g/mol. The first kappa shape index (κ1) is 11.4. The molecule has 0 aromatic heterocycles. The summed E-state index contributed by atoms with van der Waals surface area (Å²) in [5.41, 5.74) is 1.31. The molecule has 0 aliphatic rings. The van der Waals surface area contributed by atoms with Crippen LogP contribution < -0.4 is 5.90 Å². The van der Waals surface area contributed by atoms with Crippen LogP contribution in [-0.4, -0.2) is 11.7 Å². The fraction of sp³-hybridized carbons (Fsp3) is 0.333. The first-order valence-electron chi connectivity index (χ1n) is 4.06. The van der Waals surface area contributed by atoms with E-state index in [9.17, 15) is 9.50 Å². The smallest absolute Gasteiger partial charge is 0.166 e. The minimum absolute atomic E-state index is 0.240. The molecule has 0 radical (unpaired) electrons. The maximum absolute atomic E-state index is 13.1. The highest BCUT2D eigenvalue weighted by molar-refractivity contribution is 9.10. The van der Waals surface area contributed by atoms with Crippen molar-refractivity contribution in [3.05, 3.63) is 27.5 Å². The maximum Gasteiger partial charge on any atom is 0.166 e. The molecule has 0 unspecified atom stereocenters. The Morgan fingerprint density at radius 1 is 1.64 bits per heavy atom. The molecule has 0 spiro atoms. The Balaban J connectivity index is 3.11. The number of phenols is 1. The van der Waals surface area contributed by atoms with E-state index in [1.54, 1.807) is 6.92 Å². The Labute approximate surface area is 89.8 Å². The standard InChI is InChI=1S/C9H11BrFNO2/c1-5-6(2-3-14-12)9(13)8(11)4-7(5)10/h4,13H,2-3,12H2,1H3. The molecule has 0 saturated heterocycles. The van der Waals surface area contributed by atoms with Crippen LogP contribution in [0.25, 0.3) is 0 Å². The van der Waals surface area contributed by atoms with Gasteiger partial charge in [-0.1, -0.05) is 15.9 Å². The van der Waals surface area contributed by atoms with Crippen LogP contribution in [0.2, 0.25) is 0 Å². The fourth-order valence-corrected chi connectivity index (χ4v) is 1.66. The summed E-state index contributed by atoms with van der Waals surface area (Å²) in [7, 11) is 0. The Morgan fingerprint density at radius 3 is 2.86 bits per heavy atom. The molecule has 78 valence electrons. The van der Waals surface area contributed by atoms with E-state index in [0.29, 0.717) is 16.5 Å². The van der Waals surface area contributed by atoms with Gasteiger partial charge in [0.25, 0.3) is 0 Å². The summed E-state index contributed by atoms with van der Waals surface area (Å²) in [6, 6.07) is 1.23. The van der Waals surface area contributed by atoms with Crippen molar-refractivity contribution in [2.45, 2.75) is 13.3 Å². The Kier molecular flexibility index (Phi) is 3.86. The van der Waals surface area contributed by atoms with Crippen LogP contribution in [0, 0.1) is 12.7 Å². The molecule has 1 aromatic carbocycles. The summed E-state index contributed by atoms with van der Waals surface area (Å²) >= 11 is 3.20. The first-order chi connectivity index (χ1) is 6.57. The van der Waals surface area contributed by atoms with Crippen molar-refractivity contribution in [3.63, 3.8) is 0 Å². The SMILES string of the molecule is Cc1c(Br)cc(F)c(O)c1CCON. The number of nitrogens with two attached hydrogens (primary N) is 1. The van der Waals surface area contributed by atoms with E-state index in [0.717, 1.165) is 5.56 Å². The molecule has 0 amide bonds. The average Bonchev–Trinajstić information content (AvgIpc) is 2.15. The van der Waals surface area contributed by atoms with E-state index in [1.807, 2.05) is 0 Å². The lowest BCUT2D eigenvalue weighted by atomic mass is 10.0. The molecule has 3 N–H and O–H groups in total. The summed E-state index contributed by atoms with van der Waals surface area (Å²) in [5, 5.41) is 9.44. The van der Waals surface area contributed by atoms with Gasteiger partial charge in [0.1, 0.15) is 0 Å². The summed E-state index contributed by atoms with van der Waals surface area (Å²) < 4.78 is 13.7. The van der Waals surface area contributed by atoms with E-state index in [4.69, 9.17) is 5.90 Å². The van der Waals surface area contributed by atoms with Crippen LogP contribution in [-0.2, 0) is 11.3 Å². The summed E-state index contributed by atoms with van der Waals surface area (Å²) in [6.45, 7) is 2.03. The van der Waals surface area contributed by atoms with Gasteiger partial charge >= 0.3 is 0 Å². The Bertz CT molecular complexity index is 318. The largest absolute Gasteiger partial charge is 0.505 e. The molecule has 0 aliphatic carbocycles. The molecule has 1 rings (SSSR count). The molecule has 0 bridgehead atoms. The monoisotopic (exact) mass is 263 g/mol. The van der Waals surface area contributed by atoms with Gasteiger partial charge < -0.3 is 9.94 Å². The van der Waals surface area contributed by atoms with Crippen LogP contribution in [0.15, 0.2) is 10.5 Å². The zero-order valence-corrected chi connectivity index (χ0v) is 9.27. The van der Waals surface area contributed by atoms with Crippen molar-refractivity contribution in [2.75, 3.05) is 6.61 Å². The second-order valence-electron chi connectivity index (χ2n) is 2.91. The molecule has 1 aromatic rings. The van der Waals surface area contributed by atoms with E-state index in [1.165, 1.54) is 6.07 Å². The van der Waals surface area contributed by atoms with Gasteiger partial charge in [0.05, 0.1) is 6.61 Å². The lowest BCUT2D eigenvalue weighted by Gasteiger charge is -2.10. The summed E-state index contributed by atoms with van der Waals surface area (Å²) in [4.78, 5) is 4.39. The van der Waals surface area contributed by atoms with Gasteiger partial charge in [-0.3, -0.25) is 0 Å². The number of aromatic hydroxyl groups is 1. The third-order valence-electron chi connectivity index (χ3n) is 2.05. The molecule has 0 fully saturated rings. The van der Waals surface area contributed by atoms with Crippen molar-refractivity contribution in [2.24, 2.45) is 5.90 Å². The average molecular weight is 264 g/mol. The highest BCUT2D eigenvalue weighted by Gasteiger charge is 2.13. The van der Waals surface area contributed by atoms with Gasteiger partial charge in [-0.25, -0.2) is 10.3 Å². The van der Waals surface area contributed by atoms with Crippen molar-refractivity contribution >= 4 is 15.9 Å². The normalized spacial score (nSPS) is 10.6. The molecule has 0 saturated carbocycles. The minimum Gasteiger partial charge on any atom is -0.505 e. The van der Waals surface area contributed by atoms with Crippen molar-refractivity contribution < 1.29 is 14.3 Å². The van der Waals surface area contributed by atoms with Crippen molar-refractivity contribution in [1.29, 1.82) is 0 Å². The van der Waals surface area contributed by atoms with Crippen LogP contribution >= 0.6 is 15.9 Å². The zero-order valence-electron chi connectivity index (χ0n) is 7.68. The number of halogens is 2. The molecular formula is C9H11BrFNO2. The van der Waals surface area contributed by atoms with Gasteiger partial charge in [0, 0.05) is 16.5 Å². The van der Waals surface area contributed by atoms with Gasteiger partial charge in [0.2, 0.25) is 0 Å². The second kappa shape index (κ2) is 4.72. The molecule has 5 heteroatoms. The summed E-state index contributed by atoms with van der Waals surface area (Å²) in [6.07, 6.45) is 0.379. The highest BCUT2D eigenvalue weighted by Crippen LogP contribution is 2.30. The van der Waals surface area contributed by atoms with Crippen LogP contribution in [0.1, 0.15) is 11.1 Å². The number of benzene rings is 1. The van der Waals surface area contributed by atoms with Crippen LogP contribution in [0.4, 0.5) is 4.39 Å². The van der Waals surface area contributed by atoms with Gasteiger partial charge in [0.15, 0.2) is 11.6 Å². The molecule has 0 atom stereocenters. The molecule has 3 nitrogen and oxygen atoms in total. The minimum atomic E-state index is -0.644. The van der Waals surface area contributed by atoms with Gasteiger partial charge in [-0.05, 0) is 18.6 Å². The third-order valence-corrected chi connectivity index (χ3v) is 2.87. The number of hydrogen-bond donors (Lipinski definition) is 2. The maximum atomic E-state index is 13.1. The van der Waals surface area contributed by atoms with E-state index in [-0.39, 0.29) is 12.4 Å². The predicted octanol–water partition coefficient (Wildman–Crippen LogP) is 2.04. The van der Waals surface area contributed by atoms with Crippen molar-refractivity contribution in [3.8, 4) is 5.75 Å². The Hall–Kier alpha value is -0.650. The zero-order chi connectivity index (χ0) is 10.7. The lowest BCUT2D eigenvalue weighted by Crippen LogP contribution is -2.05. The van der Waals surface area contributed by atoms with E-state index in [2.05, 4.69) is 20.8 Å². The topological polar surface area (TPSA) is 55.5 Å². The van der Waals surface area contributed by atoms with E-state index >= 15 is 0 Å². The Morgan fingerprint density at radius 2 is 2.29 bits per heavy atom. The van der Waals surface area contributed by atoms with Gasteiger partial charge in [-0.15, -0.1) is 0 Å². The quantitative estimate of drug-likeness (QED) is 0.821. The van der Waals surface area contributed by atoms with Crippen LogP contribution in [0.5, 0.6) is 5.75 Å².